The summed E-state index contributed by atoms with van der Waals surface area (Å²) in [7, 11) is 0. The first-order chi connectivity index (χ1) is 19.7. The number of hydrazine groups is 1. The molecule has 1 heterocycles. The van der Waals surface area contributed by atoms with E-state index in [2.05, 4.69) is 15.6 Å². The molecule has 41 heavy (non-hydrogen) atoms. The summed E-state index contributed by atoms with van der Waals surface area (Å²) in [6.45, 7) is 2.23. The molecule has 4 rings (SSSR count). The molecule has 0 saturated carbocycles. The monoisotopic (exact) mass is 599 g/mol. The van der Waals surface area contributed by atoms with Gasteiger partial charge in [-0.05, 0) is 55.3 Å². The van der Waals surface area contributed by atoms with Gasteiger partial charge in [0.15, 0.2) is 11.8 Å². The van der Waals surface area contributed by atoms with Crippen LogP contribution in [0.1, 0.15) is 28.4 Å². The molecule has 10 nitrogen and oxygen atoms in total. The highest BCUT2D eigenvalue weighted by Crippen LogP contribution is 2.39. The van der Waals surface area contributed by atoms with Gasteiger partial charge in [-0.15, -0.1) is 0 Å². The van der Waals surface area contributed by atoms with Crippen molar-refractivity contribution in [2.24, 2.45) is 0 Å². The number of hydrogen-bond donors (Lipinski definition) is 3. The second kappa shape index (κ2) is 13.3. The first-order valence-electron chi connectivity index (χ1n) is 12.4. The molecule has 3 aromatic carbocycles. The van der Waals surface area contributed by atoms with Crippen molar-refractivity contribution in [3.8, 4) is 17.6 Å². The Morgan fingerprint density at radius 1 is 1.15 bits per heavy atom. The number of nitrogens with one attached hydrogen (secondary N) is 3. The zero-order valence-corrected chi connectivity index (χ0v) is 23.2. The normalized spacial score (nSPS) is 13.0. The number of ether oxygens (including phenoxy) is 2. The number of fused-ring (bicyclic) bond motifs is 1. The van der Waals surface area contributed by atoms with Crippen molar-refractivity contribution in [1.29, 1.82) is 5.26 Å². The molecule has 1 atom stereocenters. The SMILES string of the molecule is CCOC(=O)NC(=O)C(C#N)NNc1cc(Cl)c(Oc2ccc3c(c2)CCN(Cc2ccccc2F)C3=O)c(Cl)c1. The molecular weight excluding hydrogens is 576 g/mol. The van der Waals surface area contributed by atoms with Crippen LogP contribution in [-0.4, -0.2) is 42.0 Å². The number of benzene rings is 3. The zero-order chi connectivity index (χ0) is 29.5. The number of amides is 3. The number of imide groups is 1. The minimum atomic E-state index is -1.44. The van der Waals surface area contributed by atoms with Crippen molar-refractivity contribution in [3.63, 3.8) is 0 Å². The fourth-order valence-corrected chi connectivity index (χ4v) is 4.62. The summed E-state index contributed by atoms with van der Waals surface area (Å²) in [5.41, 5.74) is 7.15. The predicted molar refractivity (Wildman–Crippen MR) is 149 cm³/mol. The van der Waals surface area contributed by atoms with Gasteiger partial charge in [-0.2, -0.15) is 5.26 Å². The van der Waals surface area contributed by atoms with Crippen LogP contribution in [0.5, 0.6) is 11.5 Å². The number of nitrogens with zero attached hydrogens (tertiary/aromatic N) is 2. The maximum atomic E-state index is 14.1. The van der Waals surface area contributed by atoms with E-state index in [1.165, 1.54) is 18.2 Å². The number of nitriles is 1. The van der Waals surface area contributed by atoms with Crippen molar-refractivity contribution in [3.05, 3.63) is 87.2 Å². The number of anilines is 1. The topological polar surface area (TPSA) is 133 Å². The van der Waals surface area contributed by atoms with Crippen LogP contribution < -0.4 is 20.9 Å². The maximum absolute atomic E-state index is 14.1. The summed E-state index contributed by atoms with van der Waals surface area (Å²) in [4.78, 5) is 38.1. The second-order valence-corrected chi connectivity index (χ2v) is 9.61. The summed E-state index contributed by atoms with van der Waals surface area (Å²) in [5.74, 6) is -0.922. The summed E-state index contributed by atoms with van der Waals surface area (Å²) in [5, 5.41) is 11.4. The fourth-order valence-electron chi connectivity index (χ4n) is 4.06. The smallest absolute Gasteiger partial charge is 0.413 e. The van der Waals surface area contributed by atoms with E-state index < -0.39 is 18.0 Å². The maximum Gasteiger partial charge on any atom is 0.413 e. The molecule has 1 unspecified atom stereocenters. The Kier molecular flexibility index (Phi) is 9.62. The van der Waals surface area contributed by atoms with Crippen LogP contribution >= 0.6 is 23.2 Å². The van der Waals surface area contributed by atoms with Crippen LogP contribution in [0.2, 0.25) is 10.0 Å². The van der Waals surface area contributed by atoms with Gasteiger partial charge in [0.1, 0.15) is 11.6 Å². The summed E-state index contributed by atoms with van der Waals surface area (Å²) in [6.07, 6.45) is -0.425. The molecule has 0 saturated heterocycles. The lowest BCUT2D eigenvalue weighted by Crippen LogP contribution is -2.47. The number of halogens is 3. The minimum absolute atomic E-state index is 0.0622. The van der Waals surface area contributed by atoms with Crippen molar-refractivity contribution >= 4 is 46.8 Å². The summed E-state index contributed by atoms with van der Waals surface area (Å²) >= 11 is 12.8. The van der Waals surface area contributed by atoms with E-state index in [1.54, 1.807) is 54.3 Å². The Bertz CT molecular complexity index is 1510. The van der Waals surface area contributed by atoms with Crippen molar-refractivity contribution < 1.29 is 28.2 Å². The molecule has 0 spiro atoms. The highest BCUT2D eigenvalue weighted by molar-refractivity contribution is 6.37. The quantitative estimate of drug-likeness (QED) is 0.286. The molecule has 1 aliphatic rings. The molecule has 3 N–H and O–H groups in total. The van der Waals surface area contributed by atoms with Gasteiger partial charge in [-0.3, -0.25) is 14.9 Å². The average molecular weight is 600 g/mol. The lowest BCUT2D eigenvalue weighted by Gasteiger charge is -2.29. The Morgan fingerprint density at radius 2 is 1.88 bits per heavy atom. The van der Waals surface area contributed by atoms with Crippen LogP contribution in [0.4, 0.5) is 14.9 Å². The molecule has 13 heteroatoms. The summed E-state index contributed by atoms with van der Waals surface area (Å²) in [6, 6.07) is 14.5. The second-order valence-electron chi connectivity index (χ2n) is 8.80. The molecule has 1 aliphatic heterocycles. The van der Waals surface area contributed by atoms with Crippen molar-refractivity contribution in [2.45, 2.75) is 25.9 Å². The van der Waals surface area contributed by atoms with Gasteiger partial charge in [0.2, 0.25) is 0 Å². The zero-order valence-electron chi connectivity index (χ0n) is 21.7. The van der Waals surface area contributed by atoms with E-state index in [1.807, 2.05) is 5.32 Å². The van der Waals surface area contributed by atoms with Crippen LogP contribution in [0.3, 0.4) is 0 Å². The molecule has 212 valence electrons. The highest BCUT2D eigenvalue weighted by atomic mass is 35.5. The Balaban J connectivity index is 1.41. The molecule has 0 aromatic heterocycles. The van der Waals surface area contributed by atoms with Crippen LogP contribution in [0.15, 0.2) is 54.6 Å². The molecular formula is C28H24Cl2FN5O5. The Morgan fingerprint density at radius 3 is 2.56 bits per heavy atom. The van der Waals surface area contributed by atoms with Gasteiger partial charge in [0, 0.05) is 24.2 Å². The minimum Gasteiger partial charge on any atom is -0.454 e. The Hall–Kier alpha value is -4.37. The van der Waals surface area contributed by atoms with Crippen LogP contribution in [-0.2, 0) is 22.5 Å². The van der Waals surface area contributed by atoms with E-state index >= 15 is 0 Å². The van der Waals surface area contributed by atoms with E-state index in [0.717, 1.165) is 5.56 Å². The number of hydrogen-bond acceptors (Lipinski definition) is 8. The van der Waals surface area contributed by atoms with E-state index in [0.29, 0.717) is 35.5 Å². The predicted octanol–water partition coefficient (Wildman–Crippen LogP) is 5.20. The van der Waals surface area contributed by atoms with Crippen LogP contribution in [0.25, 0.3) is 0 Å². The lowest BCUT2D eigenvalue weighted by atomic mass is 9.98. The molecule has 0 bridgehead atoms. The molecule has 3 amide bonds. The largest absolute Gasteiger partial charge is 0.454 e. The number of alkyl carbamates (subject to hydrolysis) is 1. The van der Waals surface area contributed by atoms with Gasteiger partial charge in [-0.1, -0.05) is 41.4 Å². The van der Waals surface area contributed by atoms with Gasteiger partial charge in [0.05, 0.1) is 28.4 Å². The standard InChI is InChI=1S/C28H24Cl2FN5O5/c1-2-40-28(39)33-26(37)24(14-32)35-34-18-12-21(29)25(22(30)13-18)41-19-7-8-20-16(11-19)9-10-36(27(20)38)15-17-5-3-4-6-23(17)31/h3-8,11-13,24,34-35H,2,9-10,15H2,1H3,(H,33,37,39). The van der Waals surface area contributed by atoms with E-state index in [4.69, 9.17) is 27.9 Å². The van der Waals surface area contributed by atoms with Crippen molar-refractivity contribution in [1.82, 2.24) is 15.6 Å². The average Bonchev–Trinajstić information content (AvgIpc) is 2.94. The van der Waals surface area contributed by atoms with E-state index in [-0.39, 0.29) is 40.7 Å². The number of carbonyl (C=O) groups is 3. The van der Waals surface area contributed by atoms with Crippen LogP contribution in [0, 0.1) is 17.1 Å². The number of carbonyl (C=O) groups excluding carboxylic acids is 3. The third-order valence-corrected chi connectivity index (χ3v) is 6.60. The first kappa shape index (κ1) is 29.6. The third kappa shape index (κ3) is 7.24. The van der Waals surface area contributed by atoms with Gasteiger partial charge in [-0.25, -0.2) is 14.6 Å². The van der Waals surface area contributed by atoms with Gasteiger partial charge < -0.3 is 19.8 Å². The molecule has 3 aromatic rings. The van der Waals surface area contributed by atoms with Crippen molar-refractivity contribution in [2.75, 3.05) is 18.6 Å². The summed E-state index contributed by atoms with van der Waals surface area (Å²) < 4.78 is 24.6. The number of rotatable bonds is 9. The Labute approximate surface area is 244 Å². The lowest BCUT2D eigenvalue weighted by molar-refractivity contribution is -0.121. The molecule has 0 aliphatic carbocycles. The van der Waals surface area contributed by atoms with Gasteiger partial charge >= 0.3 is 6.09 Å². The first-order valence-corrected chi connectivity index (χ1v) is 13.2. The molecule has 0 radical (unpaired) electrons. The third-order valence-electron chi connectivity index (χ3n) is 6.04. The fraction of sp³-hybridized carbons (Fsp3) is 0.214. The van der Waals surface area contributed by atoms with E-state index in [9.17, 15) is 24.0 Å². The highest BCUT2D eigenvalue weighted by Gasteiger charge is 2.26. The van der Waals surface area contributed by atoms with Gasteiger partial charge in [0.25, 0.3) is 11.8 Å². The molecule has 0 fully saturated rings.